The molecular formula is C25H33N5O2. The maximum absolute atomic E-state index is 12.8. The molecule has 3 heterocycles. The van der Waals surface area contributed by atoms with Crippen molar-refractivity contribution in [3.8, 4) is 11.4 Å². The molecule has 0 bridgehead atoms. The molecular weight excluding hydrogens is 402 g/mol. The van der Waals surface area contributed by atoms with Gasteiger partial charge in [-0.15, -0.1) is 0 Å². The van der Waals surface area contributed by atoms with E-state index >= 15 is 0 Å². The van der Waals surface area contributed by atoms with Crippen LogP contribution >= 0.6 is 0 Å². The first-order valence-electron chi connectivity index (χ1n) is 11.7. The molecule has 2 aromatic heterocycles. The van der Waals surface area contributed by atoms with Crippen LogP contribution in [0.15, 0.2) is 24.3 Å². The summed E-state index contributed by atoms with van der Waals surface area (Å²) in [7, 11) is 1.82. The van der Waals surface area contributed by atoms with Crippen molar-refractivity contribution in [1.82, 2.24) is 20.1 Å². The van der Waals surface area contributed by atoms with Gasteiger partial charge in [-0.2, -0.15) is 5.10 Å². The summed E-state index contributed by atoms with van der Waals surface area (Å²) in [6.07, 6.45) is 4.66. The van der Waals surface area contributed by atoms with Gasteiger partial charge in [-0.1, -0.05) is 19.9 Å². The maximum Gasteiger partial charge on any atom is 0.240 e. The van der Waals surface area contributed by atoms with Gasteiger partial charge in [0.25, 0.3) is 0 Å². The molecule has 1 aliphatic carbocycles. The summed E-state index contributed by atoms with van der Waals surface area (Å²) in [6, 6.07) is 8.23. The van der Waals surface area contributed by atoms with E-state index in [1.54, 1.807) is 4.90 Å². The molecule has 3 aromatic rings. The Kier molecular flexibility index (Phi) is 5.34. The highest BCUT2D eigenvalue weighted by atomic mass is 16.3. The van der Waals surface area contributed by atoms with Crippen molar-refractivity contribution in [2.75, 3.05) is 31.6 Å². The van der Waals surface area contributed by atoms with Crippen molar-refractivity contribution in [3.05, 3.63) is 35.5 Å². The number of carbonyl (C=O) groups excluding carboxylic acids is 1. The van der Waals surface area contributed by atoms with Gasteiger partial charge in [-0.25, -0.2) is 0 Å². The van der Waals surface area contributed by atoms with E-state index in [-0.39, 0.29) is 12.0 Å². The standard InChI is InChI=1S/C25H33N5O2/c1-25(2)9-8-19-22(13-25)27-28-24(19)21-11-16-6-7-17(12-20(16)26-21)29(3)23(32)15-30-10-4-5-18(31)14-30/h6-7,11-12,18,26,31H,4-5,8-10,13-15H2,1-3H3,(H,27,28)/t18-/m1/s1. The molecule has 1 amide bonds. The zero-order chi connectivity index (χ0) is 22.5. The number of benzene rings is 1. The van der Waals surface area contributed by atoms with Crippen molar-refractivity contribution < 1.29 is 9.90 Å². The molecule has 32 heavy (non-hydrogen) atoms. The number of piperidine rings is 1. The highest BCUT2D eigenvalue weighted by Crippen LogP contribution is 2.38. The van der Waals surface area contributed by atoms with E-state index in [0.29, 0.717) is 18.5 Å². The van der Waals surface area contributed by atoms with E-state index < -0.39 is 0 Å². The van der Waals surface area contributed by atoms with Crippen LogP contribution in [0.2, 0.25) is 0 Å². The highest BCUT2D eigenvalue weighted by molar-refractivity contribution is 5.97. The van der Waals surface area contributed by atoms with Crippen molar-refractivity contribution in [2.24, 2.45) is 5.41 Å². The van der Waals surface area contributed by atoms with Gasteiger partial charge >= 0.3 is 0 Å². The Morgan fingerprint density at radius 1 is 1.34 bits per heavy atom. The summed E-state index contributed by atoms with van der Waals surface area (Å²) < 4.78 is 0. The predicted molar refractivity (Wildman–Crippen MR) is 127 cm³/mol. The lowest BCUT2D eigenvalue weighted by atomic mass is 9.76. The third-order valence-electron chi connectivity index (χ3n) is 7.12. The van der Waals surface area contributed by atoms with E-state index in [2.05, 4.69) is 41.2 Å². The number of β-amino-alcohol motifs (C(OH)–C–C–N with tert-alkyl or cyclic N) is 1. The van der Waals surface area contributed by atoms with E-state index in [4.69, 9.17) is 0 Å². The quantitative estimate of drug-likeness (QED) is 0.585. The number of carbonyl (C=O) groups is 1. The first-order valence-corrected chi connectivity index (χ1v) is 11.7. The van der Waals surface area contributed by atoms with Crippen LogP contribution < -0.4 is 4.90 Å². The Balaban J connectivity index is 1.35. The van der Waals surface area contributed by atoms with Crippen molar-refractivity contribution in [1.29, 1.82) is 0 Å². The number of aliphatic hydroxyl groups is 1. The summed E-state index contributed by atoms with van der Waals surface area (Å²) in [5.74, 6) is 0.0363. The Labute approximate surface area is 188 Å². The molecule has 0 unspecified atom stereocenters. The topological polar surface area (TPSA) is 88.2 Å². The molecule has 7 heteroatoms. The summed E-state index contributed by atoms with van der Waals surface area (Å²) in [6.45, 7) is 6.39. The van der Waals surface area contributed by atoms with E-state index in [1.165, 1.54) is 11.3 Å². The van der Waals surface area contributed by atoms with Crippen molar-refractivity contribution in [2.45, 2.75) is 52.1 Å². The van der Waals surface area contributed by atoms with E-state index in [0.717, 1.165) is 66.6 Å². The third kappa shape index (κ3) is 4.07. The van der Waals surface area contributed by atoms with E-state index in [1.807, 2.05) is 24.1 Å². The van der Waals surface area contributed by atoms with Crippen LogP contribution in [-0.2, 0) is 17.6 Å². The molecule has 1 aromatic carbocycles. The van der Waals surface area contributed by atoms with Gasteiger partial charge in [0.05, 0.1) is 18.3 Å². The number of aromatic nitrogens is 3. The molecule has 3 N–H and O–H groups in total. The number of aromatic amines is 2. The molecule has 0 spiro atoms. The number of aliphatic hydroxyl groups excluding tert-OH is 1. The van der Waals surface area contributed by atoms with Gasteiger partial charge < -0.3 is 15.0 Å². The van der Waals surface area contributed by atoms with Crippen LogP contribution in [0.4, 0.5) is 5.69 Å². The predicted octanol–water partition coefficient (Wildman–Crippen LogP) is 3.49. The molecule has 7 nitrogen and oxygen atoms in total. The Bertz CT molecular complexity index is 1140. The summed E-state index contributed by atoms with van der Waals surface area (Å²) in [5.41, 5.74) is 6.79. The van der Waals surface area contributed by atoms with Crippen LogP contribution in [0.3, 0.4) is 0 Å². The van der Waals surface area contributed by atoms with Crippen LogP contribution in [0.1, 0.15) is 44.4 Å². The number of nitrogens with one attached hydrogen (secondary N) is 2. The number of rotatable bonds is 4. The minimum absolute atomic E-state index is 0.0363. The molecule has 2 aliphatic rings. The fourth-order valence-corrected chi connectivity index (χ4v) is 5.14. The van der Waals surface area contributed by atoms with E-state index in [9.17, 15) is 9.90 Å². The number of nitrogens with zero attached hydrogens (tertiary/aromatic N) is 3. The number of amides is 1. The second-order valence-electron chi connectivity index (χ2n) is 10.3. The normalized spacial score (nSPS) is 20.9. The smallest absolute Gasteiger partial charge is 0.240 e. The van der Waals surface area contributed by atoms with Gasteiger partial charge in [0.1, 0.15) is 5.69 Å². The van der Waals surface area contributed by atoms with Gasteiger partial charge in [-0.3, -0.25) is 14.8 Å². The number of hydrogen-bond acceptors (Lipinski definition) is 4. The number of hydrogen-bond donors (Lipinski definition) is 3. The van der Waals surface area contributed by atoms with Crippen molar-refractivity contribution >= 4 is 22.5 Å². The summed E-state index contributed by atoms with van der Waals surface area (Å²) in [4.78, 5) is 20.1. The Morgan fingerprint density at radius 2 is 2.19 bits per heavy atom. The Hall–Kier alpha value is -2.64. The van der Waals surface area contributed by atoms with Gasteiger partial charge in [0, 0.05) is 41.4 Å². The van der Waals surface area contributed by atoms with Gasteiger partial charge in [0.15, 0.2) is 0 Å². The lowest BCUT2D eigenvalue weighted by molar-refractivity contribution is -0.120. The number of fused-ring (bicyclic) bond motifs is 2. The summed E-state index contributed by atoms with van der Waals surface area (Å²) >= 11 is 0. The van der Waals surface area contributed by atoms with Gasteiger partial charge in [0.2, 0.25) is 5.91 Å². The molecule has 1 saturated heterocycles. The van der Waals surface area contributed by atoms with Crippen LogP contribution in [-0.4, -0.2) is 63.9 Å². The fraction of sp³-hybridized carbons (Fsp3) is 0.520. The zero-order valence-electron chi connectivity index (χ0n) is 19.2. The average Bonchev–Trinajstić information content (AvgIpc) is 3.35. The van der Waals surface area contributed by atoms with Crippen LogP contribution in [0.25, 0.3) is 22.3 Å². The monoisotopic (exact) mass is 435 g/mol. The lowest BCUT2D eigenvalue weighted by Crippen LogP contribution is -2.44. The second-order valence-corrected chi connectivity index (χ2v) is 10.3. The molecule has 1 fully saturated rings. The highest BCUT2D eigenvalue weighted by Gasteiger charge is 2.29. The number of likely N-dealkylation sites (tertiary alicyclic amines) is 1. The number of likely N-dealkylation sites (N-methyl/N-ethyl adjacent to an activating group) is 1. The first kappa shape index (κ1) is 21.2. The maximum atomic E-state index is 12.8. The van der Waals surface area contributed by atoms with Crippen LogP contribution in [0.5, 0.6) is 0 Å². The number of anilines is 1. The minimum atomic E-state index is -0.325. The molecule has 1 aliphatic heterocycles. The zero-order valence-corrected chi connectivity index (χ0v) is 19.2. The molecule has 0 saturated carbocycles. The molecule has 5 rings (SSSR count). The van der Waals surface area contributed by atoms with Crippen LogP contribution in [0, 0.1) is 5.41 Å². The molecule has 1 atom stereocenters. The lowest BCUT2D eigenvalue weighted by Gasteiger charge is -2.30. The molecule has 170 valence electrons. The average molecular weight is 436 g/mol. The first-order chi connectivity index (χ1) is 15.3. The second kappa shape index (κ2) is 8.05. The van der Waals surface area contributed by atoms with Crippen molar-refractivity contribution in [3.63, 3.8) is 0 Å². The number of H-pyrrole nitrogens is 2. The SMILES string of the molecule is CN(C(=O)CN1CCC[C@@H](O)C1)c1ccc2cc(-c3n[nH]c4c3CCC(C)(C)C4)[nH]c2c1. The Morgan fingerprint density at radius 3 is 3.00 bits per heavy atom. The van der Waals surface area contributed by atoms with Gasteiger partial charge in [-0.05, 0) is 62.3 Å². The molecule has 0 radical (unpaired) electrons. The summed E-state index contributed by atoms with van der Waals surface area (Å²) in [5, 5.41) is 18.9. The largest absolute Gasteiger partial charge is 0.392 e. The minimum Gasteiger partial charge on any atom is -0.392 e. The fourth-order valence-electron chi connectivity index (χ4n) is 5.14. The third-order valence-corrected chi connectivity index (χ3v) is 7.12.